The summed E-state index contributed by atoms with van der Waals surface area (Å²) in [5.41, 5.74) is 1.25. The Morgan fingerprint density at radius 2 is 2.11 bits per heavy atom. The monoisotopic (exact) mass is 382 g/mol. The predicted octanol–water partition coefficient (Wildman–Crippen LogP) is 2.01. The number of nitrogens with zero attached hydrogens (tertiary/aromatic N) is 5. The minimum atomic E-state index is -0.378. The molecule has 9 heteroatoms. The molecule has 4 heterocycles. The maximum Gasteiger partial charge on any atom is 0.254 e. The van der Waals surface area contributed by atoms with Crippen molar-refractivity contribution in [2.75, 3.05) is 0 Å². The third-order valence-electron chi connectivity index (χ3n) is 4.36. The summed E-state index contributed by atoms with van der Waals surface area (Å²) in [6.07, 6.45) is 5.87. The van der Waals surface area contributed by atoms with Crippen LogP contribution in [0.4, 0.5) is 0 Å². The van der Waals surface area contributed by atoms with Crippen molar-refractivity contribution >= 4 is 17.5 Å². The maximum atomic E-state index is 12.5. The van der Waals surface area contributed by atoms with Crippen molar-refractivity contribution in [1.29, 1.82) is 0 Å². The minimum Gasteiger partial charge on any atom is -0.342 e. The first-order chi connectivity index (χ1) is 13.1. The van der Waals surface area contributed by atoms with Crippen LogP contribution < -0.4 is 10.9 Å². The van der Waals surface area contributed by atoms with E-state index in [0.29, 0.717) is 40.9 Å². The molecule has 0 bridgehead atoms. The van der Waals surface area contributed by atoms with Gasteiger partial charge in [0, 0.05) is 25.0 Å². The Morgan fingerprint density at radius 3 is 2.85 bits per heavy atom. The van der Waals surface area contributed by atoms with E-state index >= 15 is 0 Å². The first-order valence-corrected chi connectivity index (χ1v) is 8.80. The molecule has 8 nitrogen and oxygen atoms in total. The zero-order valence-electron chi connectivity index (χ0n) is 14.2. The van der Waals surface area contributed by atoms with Gasteiger partial charge in [0.2, 0.25) is 0 Å². The molecule has 0 spiro atoms. The molecule has 3 aromatic heterocycles. The molecule has 1 amide bonds. The van der Waals surface area contributed by atoms with Crippen LogP contribution in [0.2, 0.25) is 5.15 Å². The molecule has 3 aromatic rings. The van der Waals surface area contributed by atoms with E-state index in [1.165, 1.54) is 18.6 Å². The first-order valence-electron chi connectivity index (χ1n) is 8.42. The minimum absolute atomic E-state index is 0.166. The van der Waals surface area contributed by atoms with Crippen molar-refractivity contribution in [3.63, 3.8) is 0 Å². The lowest BCUT2D eigenvalue weighted by molar-refractivity contribution is 0.0927. The average molecular weight is 383 g/mol. The highest BCUT2D eigenvalue weighted by atomic mass is 35.5. The van der Waals surface area contributed by atoms with Crippen LogP contribution >= 0.6 is 11.6 Å². The van der Waals surface area contributed by atoms with E-state index in [9.17, 15) is 9.59 Å². The van der Waals surface area contributed by atoms with Gasteiger partial charge in [-0.3, -0.25) is 14.2 Å². The number of halogens is 1. The van der Waals surface area contributed by atoms with Crippen molar-refractivity contribution in [3.05, 3.63) is 69.9 Å². The number of aromatic nitrogens is 5. The Morgan fingerprint density at radius 1 is 1.22 bits per heavy atom. The standard InChI is InChI=1S/C18H15ClN6O2/c19-15-4-3-11(9-21-15)18(27)24-13-2-1-7-25-16(26)8-14(23-17(13)25)12-5-6-20-10-22-12/h3-6,8-10,13H,1-2,7H2,(H,24,27). The van der Waals surface area contributed by atoms with E-state index in [0.717, 1.165) is 6.42 Å². The lowest BCUT2D eigenvalue weighted by atomic mass is 10.1. The molecule has 0 radical (unpaired) electrons. The van der Waals surface area contributed by atoms with Gasteiger partial charge in [-0.25, -0.2) is 19.9 Å². The molecular weight excluding hydrogens is 368 g/mol. The summed E-state index contributed by atoms with van der Waals surface area (Å²) in [6.45, 7) is 0.570. The predicted molar refractivity (Wildman–Crippen MR) is 98.2 cm³/mol. The summed E-state index contributed by atoms with van der Waals surface area (Å²) >= 11 is 5.77. The Kier molecular flexibility index (Phi) is 4.64. The molecule has 1 N–H and O–H groups in total. The Labute approximate surface area is 159 Å². The highest BCUT2D eigenvalue weighted by Gasteiger charge is 2.25. The van der Waals surface area contributed by atoms with Crippen molar-refractivity contribution in [2.24, 2.45) is 0 Å². The second-order valence-corrected chi connectivity index (χ2v) is 6.51. The molecule has 4 rings (SSSR count). The number of nitrogens with one attached hydrogen (secondary N) is 1. The zero-order chi connectivity index (χ0) is 18.8. The molecule has 136 valence electrons. The Bertz CT molecular complexity index is 1040. The van der Waals surface area contributed by atoms with Gasteiger partial charge in [-0.1, -0.05) is 11.6 Å². The Hall–Kier alpha value is -3.13. The van der Waals surface area contributed by atoms with Gasteiger partial charge in [-0.15, -0.1) is 0 Å². The molecule has 0 saturated heterocycles. The number of fused-ring (bicyclic) bond motifs is 1. The fraction of sp³-hybridized carbons (Fsp3) is 0.222. The van der Waals surface area contributed by atoms with Gasteiger partial charge in [0.1, 0.15) is 17.3 Å². The second kappa shape index (κ2) is 7.24. The van der Waals surface area contributed by atoms with Crippen LogP contribution in [0.5, 0.6) is 0 Å². The zero-order valence-corrected chi connectivity index (χ0v) is 14.9. The van der Waals surface area contributed by atoms with Gasteiger partial charge in [0.15, 0.2) is 0 Å². The lowest BCUT2D eigenvalue weighted by Crippen LogP contribution is -2.38. The molecule has 0 saturated carbocycles. The number of amides is 1. The van der Waals surface area contributed by atoms with Crippen molar-refractivity contribution in [3.8, 4) is 11.4 Å². The van der Waals surface area contributed by atoms with E-state index in [4.69, 9.17) is 11.6 Å². The molecule has 1 aliphatic heterocycles. The summed E-state index contributed by atoms with van der Waals surface area (Å²) in [5.74, 6) is 0.233. The summed E-state index contributed by atoms with van der Waals surface area (Å²) < 4.78 is 1.60. The van der Waals surface area contributed by atoms with Crippen LogP contribution in [0.15, 0.2) is 47.8 Å². The Balaban J connectivity index is 1.67. The third kappa shape index (κ3) is 3.56. The fourth-order valence-electron chi connectivity index (χ4n) is 3.06. The van der Waals surface area contributed by atoms with Crippen LogP contribution in [0.3, 0.4) is 0 Å². The number of hydrogen-bond acceptors (Lipinski definition) is 6. The van der Waals surface area contributed by atoms with Gasteiger partial charge in [0.05, 0.1) is 23.0 Å². The average Bonchev–Trinajstić information content (AvgIpc) is 2.69. The molecule has 1 aliphatic rings. The number of hydrogen-bond donors (Lipinski definition) is 1. The van der Waals surface area contributed by atoms with Crippen LogP contribution in [0.25, 0.3) is 11.4 Å². The van der Waals surface area contributed by atoms with Crippen LogP contribution in [0, 0.1) is 0 Å². The van der Waals surface area contributed by atoms with E-state index in [2.05, 4.69) is 25.3 Å². The number of carbonyl (C=O) groups is 1. The van der Waals surface area contributed by atoms with E-state index in [-0.39, 0.29) is 17.5 Å². The van der Waals surface area contributed by atoms with Gasteiger partial charge in [-0.05, 0) is 31.0 Å². The number of pyridine rings is 1. The number of rotatable bonds is 3. The number of carbonyl (C=O) groups excluding carboxylic acids is 1. The van der Waals surface area contributed by atoms with E-state index < -0.39 is 0 Å². The van der Waals surface area contributed by atoms with E-state index in [1.807, 2.05) is 0 Å². The second-order valence-electron chi connectivity index (χ2n) is 6.12. The lowest BCUT2D eigenvalue weighted by Gasteiger charge is -2.26. The van der Waals surface area contributed by atoms with E-state index in [1.54, 1.807) is 29.0 Å². The molecule has 0 fully saturated rings. The van der Waals surface area contributed by atoms with Crippen LogP contribution in [-0.4, -0.2) is 30.4 Å². The normalized spacial score (nSPS) is 15.8. The summed E-state index contributed by atoms with van der Waals surface area (Å²) in [4.78, 5) is 41.6. The quantitative estimate of drug-likeness (QED) is 0.695. The van der Waals surface area contributed by atoms with Crippen LogP contribution in [0.1, 0.15) is 35.1 Å². The molecule has 1 unspecified atom stereocenters. The molecular formula is C18H15ClN6O2. The molecule has 0 aliphatic carbocycles. The smallest absolute Gasteiger partial charge is 0.254 e. The highest BCUT2D eigenvalue weighted by molar-refractivity contribution is 6.29. The largest absolute Gasteiger partial charge is 0.342 e. The van der Waals surface area contributed by atoms with Crippen molar-refractivity contribution in [2.45, 2.75) is 25.4 Å². The van der Waals surface area contributed by atoms with Crippen LogP contribution in [-0.2, 0) is 6.54 Å². The van der Waals surface area contributed by atoms with Crippen molar-refractivity contribution < 1.29 is 4.79 Å². The topological polar surface area (TPSA) is 103 Å². The summed E-state index contributed by atoms with van der Waals surface area (Å²) in [5, 5.41) is 3.26. The van der Waals surface area contributed by atoms with Crippen molar-refractivity contribution in [1.82, 2.24) is 29.8 Å². The van der Waals surface area contributed by atoms with Gasteiger partial charge in [0.25, 0.3) is 11.5 Å². The maximum absolute atomic E-state index is 12.5. The fourth-order valence-corrected chi connectivity index (χ4v) is 3.17. The van der Waals surface area contributed by atoms with Gasteiger partial charge < -0.3 is 5.32 Å². The van der Waals surface area contributed by atoms with Gasteiger partial charge in [-0.2, -0.15) is 0 Å². The van der Waals surface area contributed by atoms with Gasteiger partial charge >= 0.3 is 0 Å². The molecule has 0 aromatic carbocycles. The summed E-state index contributed by atoms with van der Waals surface area (Å²) in [6, 6.07) is 5.93. The first kappa shape index (κ1) is 17.3. The SMILES string of the molecule is O=C(NC1CCCn2c1nc(-c1ccncn1)cc2=O)c1ccc(Cl)nc1. The molecule has 27 heavy (non-hydrogen) atoms. The summed E-state index contributed by atoms with van der Waals surface area (Å²) in [7, 11) is 0. The molecule has 1 atom stereocenters. The highest BCUT2D eigenvalue weighted by Crippen LogP contribution is 2.24. The third-order valence-corrected chi connectivity index (χ3v) is 4.59.